The van der Waals surface area contributed by atoms with Gasteiger partial charge in [-0.1, -0.05) is 18.7 Å². The van der Waals surface area contributed by atoms with Crippen LogP contribution in [-0.4, -0.2) is 49.2 Å². The lowest BCUT2D eigenvalue weighted by molar-refractivity contribution is -0.127. The highest BCUT2D eigenvalue weighted by atomic mass is 32.2. The molecule has 29 heavy (non-hydrogen) atoms. The first-order chi connectivity index (χ1) is 14.1. The Morgan fingerprint density at radius 2 is 2.03 bits per heavy atom. The number of nitrogens with zero attached hydrogens (tertiary/aromatic N) is 5. The zero-order valence-electron chi connectivity index (χ0n) is 17.3. The number of rotatable bonds is 6. The molecule has 8 heteroatoms. The molecule has 1 fully saturated rings. The van der Waals surface area contributed by atoms with Crippen molar-refractivity contribution in [3.05, 3.63) is 16.3 Å². The van der Waals surface area contributed by atoms with Gasteiger partial charge in [-0.15, -0.1) is 21.5 Å². The summed E-state index contributed by atoms with van der Waals surface area (Å²) in [6.07, 6.45) is 5.83. The quantitative estimate of drug-likeness (QED) is 0.547. The maximum absolute atomic E-state index is 12.5. The monoisotopic (exact) mass is 429 g/mol. The first kappa shape index (κ1) is 19.3. The second-order valence-electron chi connectivity index (χ2n) is 8.27. The lowest BCUT2D eigenvalue weighted by atomic mass is 9.89. The van der Waals surface area contributed by atoms with Gasteiger partial charge in [0.25, 0.3) is 0 Å². The SMILES string of the molecule is CCN(CC)C(=O)CSc1nnc2c3c4c(sc3nc(C3CC3)n12)C[C@@H](C)CC4. The summed E-state index contributed by atoms with van der Waals surface area (Å²) in [7, 11) is 0. The predicted octanol–water partition coefficient (Wildman–Crippen LogP) is 4.30. The average molecular weight is 430 g/mol. The van der Waals surface area contributed by atoms with Gasteiger partial charge in [-0.3, -0.25) is 9.20 Å². The van der Waals surface area contributed by atoms with Gasteiger partial charge in [-0.2, -0.15) is 0 Å². The topological polar surface area (TPSA) is 63.4 Å². The molecule has 3 heterocycles. The van der Waals surface area contributed by atoms with E-state index >= 15 is 0 Å². The fraction of sp³-hybridized carbons (Fsp3) is 0.619. The van der Waals surface area contributed by atoms with Crippen LogP contribution in [0.2, 0.25) is 0 Å². The van der Waals surface area contributed by atoms with Crippen LogP contribution in [-0.2, 0) is 17.6 Å². The van der Waals surface area contributed by atoms with Crippen molar-refractivity contribution >= 4 is 44.9 Å². The van der Waals surface area contributed by atoms with E-state index in [1.54, 1.807) is 0 Å². The van der Waals surface area contributed by atoms with Crippen molar-refractivity contribution in [3.63, 3.8) is 0 Å². The summed E-state index contributed by atoms with van der Waals surface area (Å²) in [6.45, 7) is 7.86. The standard InChI is InChI=1S/C21H27N5OS2/c1-4-25(5-2)16(27)11-28-21-24-23-19-17-14-9-6-12(3)10-15(14)29-20(17)22-18(26(19)21)13-7-8-13/h12-13H,4-11H2,1-3H3/t12-/m0/s1. The highest BCUT2D eigenvalue weighted by molar-refractivity contribution is 7.99. The Hall–Kier alpha value is -1.67. The van der Waals surface area contributed by atoms with Crippen LogP contribution in [0.25, 0.3) is 15.9 Å². The molecular weight excluding hydrogens is 402 g/mol. The Balaban J connectivity index is 1.58. The number of hydrogen-bond acceptors (Lipinski definition) is 6. The fourth-order valence-corrected chi connectivity index (χ4v) is 6.57. The predicted molar refractivity (Wildman–Crippen MR) is 118 cm³/mol. The first-order valence-corrected chi connectivity index (χ1v) is 12.5. The molecule has 1 atom stereocenters. The Morgan fingerprint density at radius 1 is 1.24 bits per heavy atom. The first-order valence-electron chi connectivity index (χ1n) is 10.7. The molecule has 0 aromatic carbocycles. The number of hydrogen-bond donors (Lipinski definition) is 0. The number of carbonyl (C=O) groups is 1. The third kappa shape index (κ3) is 3.34. The lowest BCUT2D eigenvalue weighted by Crippen LogP contribution is -2.31. The minimum absolute atomic E-state index is 0.153. The van der Waals surface area contributed by atoms with Crippen molar-refractivity contribution in [3.8, 4) is 0 Å². The second kappa shape index (κ2) is 7.54. The summed E-state index contributed by atoms with van der Waals surface area (Å²) in [6, 6.07) is 0. The van der Waals surface area contributed by atoms with Crippen molar-refractivity contribution in [2.24, 2.45) is 5.92 Å². The molecule has 6 nitrogen and oxygen atoms in total. The number of carbonyl (C=O) groups excluding carboxylic acids is 1. The highest BCUT2D eigenvalue weighted by Crippen LogP contribution is 2.44. The third-order valence-electron chi connectivity index (χ3n) is 6.18. The minimum Gasteiger partial charge on any atom is -0.343 e. The number of fused-ring (bicyclic) bond motifs is 5. The van der Waals surface area contributed by atoms with Crippen LogP contribution >= 0.6 is 23.1 Å². The highest BCUT2D eigenvalue weighted by Gasteiger charge is 2.32. The van der Waals surface area contributed by atoms with Gasteiger partial charge in [0.05, 0.1) is 11.1 Å². The van der Waals surface area contributed by atoms with E-state index in [9.17, 15) is 4.79 Å². The Bertz CT molecular complexity index is 1080. The molecule has 0 N–H and O–H groups in total. The maximum atomic E-state index is 12.5. The van der Waals surface area contributed by atoms with Gasteiger partial charge in [0.15, 0.2) is 10.8 Å². The molecule has 154 valence electrons. The van der Waals surface area contributed by atoms with Gasteiger partial charge >= 0.3 is 0 Å². The van der Waals surface area contributed by atoms with Crippen molar-refractivity contribution in [1.82, 2.24) is 24.5 Å². The molecule has 0 spiro atoms. The minimum atomic E-state index is 0.153. The van der Waals surface area contributed by atoms with E-state index in [0.29, 0.717) is 11.7 Å². The summed E-state index contributed by atoms with van der Waals surface area (Å²) in [5, 5.41) is 11.1. The van der Waals surface area contributed by atoms with Crippen molar-refractivity contribution in [2.45, 2.75) is 63.9 Å². The zero-order valence-corrected chi connectivity index (χ0v) is 18.9. The van der Waals surface area contributed by atoms with Crippen LogP contribution in [0, 0.1) is 5.92 Å². The van der Waals surface area contributed by atoms with E-state index in [-0.39, 0.29) is 5.91 Å². The molecule has 0 saturated heterocycles. The third-order valence-corrected chi connectivity index (χ3v) is 8.24. The molecule has 3 aromatic heterocycles. The largest absolute Gasteiger partial charge is 0.343 e. The Kier molecular flexibility index (Phi) is 5.02. The van der Waals surface area contributed by atoms with Crippen molar-refractivity contribution in [1.29, 1.82) is 0 Å². The van der Waals surface area contributed by atoms with E-state index in [0.717, 1.165) is 53.3 Å². The van der Waals surface area contributed by atoms with E-state index in [4.69, 9.17) is 4.98 Å². The molecule has 2 aliphatic rings. The van der Waals surface area contributed by atoms with Gasteiger partial charge < -0.3 is 4.90 Å². The molecular formula is C21H27N5OS2. The van der Waals surface area contributed by atoms with Gasteiger partial charge in [0.2, 0.25) is 5.91 Å². The molecule has 0 bridgehead atoms. The number of thioether (sulfide) groups is 1. The average Bonchev–Trinajstić information content (AvgIpc) is 3.37. The van der Waals surface area contributed by atoms with Crippen molar-refractivity contribution < 1.29 is 4.79 Å². The summed E-state index contributed by atoms with van der Waals surface area (Å²) >= 11 is 3.35. The molecule has 3 aromatic rings. The fourth-order valence-electron chi connectivity index (χ4n) is 4.34. The van der Waals surface area contributed by atoms with Crippen molar-refractivity contribution in [2.75, 3.05) is 18.8 Å². The lowest BCUT2D eigenvalue weighted by Gasteiger charge is -2.18. The van der Waals surface area contributed by atoms with E-state index in [1.165, 1.54) is 46.9 Å². The van der Waals surface area contributed by atoms with Gasteiger partial charge in [0.1, 0.15) is 10.7 Å². The molecule has 2 aliphatic carbocycles. The Labute approximate surface area is 179 Å². The number of aryl methyl sites for hydroxylation is 1. The van der Waals surface area contributed by atoms with Crippen LogP contribution in [0.3, 0.4) is 0 Å². The molecule has 0 radical (unpaired) electrons. The van der Waals surface area contributed by atoms with E-state index < -0.39 is 0 Å². The second-order valence-corrected chi connectivity index (χ2v) is 10.3. The van der Waals surface area contributed by atoms with Crippen LogP contribution < -0.4 is 0 Å². The normalized spacial score (nSPS) is 19.1. The molecule has 0 unspecified atom stereocenters. The van der Waals surface area contributed by atoms with Gasteiger partial charge in [-0.05, 0) is 57.4 Å². The van der Waals surface area contributed by atoms with Crippen LogP contribution in [0.15, 0.2) is 5.16 Å². The smallest absolute Gasteiger partial charge is 0.233 e. The number of amides is 1. The maximum Gasteiger partial charge on any atom is 0.233 e. The molecule has 0 aliphatic heterocycles. The summed E-state index contributed by atoms with van der Waals surface area (Å²) in [5.74, 6) is 2.87. The zero-order chi connectivity index (χ0) is 20.1. The molecule has 1 amide bonds. The van der Waals surface area contributed by atoms with Crippen LogP contribution in [0.1, 0.15) is 62.2 Å². The Morgan fingerprint density at radius 3 is 2.76 bits per heavy atom. The molecule has 5 rings (SSSR count). The number of thiophene rings is 1. The summed E-state index contributed by atoms with van der Waals surface area (Å²) in [4.78, 5) is 22.1. The van der Waals surface area contributed by atoms with E-state index in [2.05, 4.69) is 21.5 Å². The summed E-state index contributed by atoms with van der Waals surface area (Å²) in [5.41, 5.74) is 2.38. The summed E-state index contributed by atoms with van der Waals surface area (Å²) < 4.78 is 2.16. The van der Waals surface area contributed by atoms with Crippen LogP contribution in [0.4, 0.5) is 0 Å². The van der Waals surface area contributed by atoms with E-state index in [1.807, 2.05) is 30.1 Å². The van der Waals surface area contributed by atoms with Crippen LogP contribution in [0.5, 0.6) is 0 Å². The number of aromatic nitrogens is 4. The molecule has 1 saturated carbocycles. The van der Waals surface area contributed by atoms with Gasteiger partial charge in [-0.25, -0.2) is 4.98 Å². The van der Waals surface area contributed by atoms with Gasteiger partial charge in [0, 0.05) is 23.9 Å².